The van der Waals surface area contributed by atoms with Crippen LogP contribution in [-0.2, 0) is 0 Å². The van der Waals surface area contributed by atoms with Gasteiger partial charge >= 0.3 is 0 Å². The molecule has 114 valence electrons. The van der Waals surface area contributed by atoms with Gasteiger partial charge in [-0.05, 0) is 30.5 Å². The second-order valence-corrected chi connectivity index (χ2v) is 6.47. The van der Waals surface area contributed by atoms with Crippen LogP contribution < -0.4 is 5.32 Å². The molecule has 0 aliphatic heterocycles. The summed E-state index contributed by atoms with van der Waals surface area (Å²) in [7, 11) is 0. The highest BCUT2D eigenvalue weighted by atomic mass is 19.1. The maximum Gasteiger partial charge on any atom is 0.254 e. The number of fused-ring (bicyclic) bond motifs is 1. The summed E-state index contributed by atoms with van der Waals surface area (Å²) in [5.74, 6) is -1.03. The van der Waals surface area contributed by atoms with E-state index in [1.165, 1.54) is 6.07 Å². The van der Waals surface area contributed by atoms with Crippen LogP contribution >= 0.6 is 0 Å². The SMILES string of the molecule is CC(C)(C)C(C)(C#N)NC(=O)c1cc(F)cc2cccnc12. The second kappa shape index (κ2) is 5.38. The molecule has 1 unspecified atom stereocenters. The van der Waals surface area contributed by atoms with Gasteiger partial charge in [-0.2, -0.15) is 5.26 Å². The normalized spacial score (nSPS) is 14.2. The summed E-state index contributed by atoms with van der Waals surface area (Å²) in [6.45, 7) is 7.23. The molecule has 1 aromatic carbocycles. The number of halogens is 1. The molecule has 2 rings (SSSR count). The maximum absolute atomic E-state index is 13.7. The van der Waals surface area contributed by atoms with Crippen molar-refractivity contribution in [2.75, 3.05) is 0 Å². The molecule has 0 aliphatic rings. The quantitative estimate of drug-likeness (QED) is 0.923. The van der Waals surface area contributed by atoms with Crippen LogP contribution in [0.4, 0.5) is 4.39 Å². The number of nitriles is 1. The first kappa shape index (κ1) is 15.9. The van der Waals surface area contributed by atoms with E-state index < -0.39 is 22.7 Å². The lowest BCUT2D eigenvalue weighted by atomic mass is 9.75. The Kier molecular flexibility index (Phi) is 3.89. The average Bonchev–Trinajstić information content (AvgIpc) is 2.44. The summed E-state index contributed by atoms with van der Waals surface area (Å²) in [6, 6.07) is 7.97. The van der Waals surface area contributed by atoms with Crippen LogP contribution in [-0.4, -0.2) is 16.4 Å². The van der Waals surface area contributed by atoms with Crippen LogP contribution in [0.2, 0.25) is 0 Å². The molecule has 0 saturated heterocycles. The zero-order valence-electron chi connectivity index (χ0n) is 13.1. The van der Waals surface area contributed by atoms with Crippen molar-refractivity contribution in [2.24, 2.45) is 5.41 Å². The summed E-state index contributed by atoms with van der Waals surface area (Å²) in [4.78, 5) is 16.7. The number of carbonyl (C=O) groups excluding carboxylic acids is 1. The smallest absolute Gasteiger partial charge is 0.254 e. The summed E-state index contributed by atoms with van der Waals surface area (Å²) in [5.41, 5.74) is -1.03. The van der Waals surface area contributed by atoms with Crippen LogP contribution in [0.1, 0.15) is 38.1 Å². The molecular weight excluding hydrogens is 281 g/mol. The van der Waals surface area contributed by atoms with Crippen molar-refractivity contribution >= 4 is 16.8 Å². The molecule has 1 amide bonds. The van der Waals surface area contributed by atoms with Crippen LogP contribution in [0, 0.1) is 22.6 Å². The fourth-order valence-corrected chi connectivity index (χ4v) is 2.01. The van der Waals surface area contributed by atoms with E-state index in [9.17, 15) is 14.4 Å². The Morgan fingerprint density at radius 1 is 1.32 bits per heavy atom. The lowest BCUT2D eigenvalue weighted by Crippen LogP contribution is -2.53. The molecule has 0 spiro atoms. The fraction of sp³-hybridized carbons (Fsp3) is 0.353. The van der Waals surface area contributed by atoms with Gasteiger partial charge in [0.05, 0.1) is 17.1 Å². The van der Waals surface area contributed by atoms with Gasteiger partial charge in [0, 0.05) is 11.6 Å². The van der Waals surface area contributed by atoms with Crippen LogP contribution in [0.3, 0.4) is 0 Å². The first-order chi connectivity index (χ1) is 10.2. The lowest BCUT2D eigenvalue weighted by molar-refractivity contribution is 0.0869. The van der Waals surface area contributed by atoms with Crippen molar-refractivity contribution in [3.05, 3.63) is 41.8 Å². The zero-order chi connectivity index (χ0) is 16.5. The number of hydrogen-bond acceptors (Lipinski definition) is 3. The summed E-state index contributed by atoms with van der Waals surface area (Å²) >= 11 is 0. The largest absolute Gasteiger partial charge is 0.333 e. The number of amides is 1. The molecule has 0 saturated carbocycles. The van der Waals surface area contributed by atoms with E-state index in [-0.39, 0.29) is 5.56 Å². The van der Waals surface area contributed by atoms with Gasteiger partial charge < -0.3 is 5.32 Å². The van der Waals surface area contributed by atoms with Crippen molar-refractivity contribution in [3.8, 4) is 6.07 Å². The molecule has 1 aromatic heterocycles. The first-order valence-electron chi connectivity index (χ1n) is 6.96. The van der Waals surface area contributed by atoms with Crippen molar-refractivity contribution in [1.29, 1.82) is 5.26 Å². The number of nitrogens with one attached hydrogen (secondary N) is 1. The van der Waals surface area contributed by atoms with E-state index in [4.69, 9.17) is 0 Å². The molecule has 1 atom stereocenters. The minimum absolute atomic E-state index is 0.126. The van der Waals surface area contributed by atoms with Gasteiger partial charge in [0.1, 0.15) is 11.4 Å². The molecule has 5 heteroatoms. The van der Waals surface area contributed by atoms with Crippen LogP contribution in [0.5, 0.6) is 0 Å². The van der Waals surface area contributed by atoms with Gasteiger partial charge in [-0.1, -0.05) is 26.8 Å². The van der Waals surface area contributed by atoms with Crippen LogP contribution in [0.25, 0.3) is 10.9 Å². The highest BCUT2D eigenvalue weighted by molar-refractivity contribution is 6.05. The Morgan fingerprint density at radius 2 is 2.00 bits per heavy atom. The minimum atomic E-state index is -1.09. The van der Waals surface area contributed by atoms with E-state index >= 15 is 0 Å². The zero-order valence-corrected chi connectivity index (χ0v) is 13.1. The topological polar surface area (TPSA) is 65.8 Å². The van der Waals surface area contributed by atoms with E-state index in [2.05, 4.69) is 16.4 Å². The molecule has 0 bridgehead atoms. The van der Waals surface area contributed by atoms with Crippen molar-refractivity contribution in [1.82, 2.24) is 10.3 Å². The highest BCUT2D eigenvalue weighted by Gasteiger charge is 2.39. The van der Waals surface area contributed by atoms with Crippen molar-refractivity contribution in [2.45, 2.75) is 33.2 Å². The summed E-state index contributed by atoms with van der Waals surface area (Å²) < 4.78 is 13.7. The maximum atomic E-state index is 13.7. The fourth-order valence-electron chi connectivity index (χ4n) is 2.01. The van der Waals surface area contributed by atoms with Gasteiger partial charge in [-0.25, -0.2) is 4.39 Å². The van der Waals surface area contributed by atoms with Gasteiger partial charge in [0.25, 0.3) is 5.91 Å². The number of rotatable bonds is 2. The van der Waals surface area contributed by atoms with Crippen LogP contribution in [0.15, 0.2) is 30.5 Å². The third kappa shape index (κ3) is 2.77. The number of aromatic nitrogens is 1. The number of pyridine rings is 1. The molecule has 0 fully saturated rings. The van der Waals surface area contributed by atoms with Crippen molar-refractivity contribution < 1.29 is 9.18 Å². The van der Waals surface area contributed by atoms with E-state index in [1.807, 2.05) is 20.8 Å². The van der Waals surface area contributed by atoms with Crippen molar-refractivity contribution in [3.63, 3.8) is 0 Å². The molecular formula is C17H18FN3O. The van der Waals surface area contributed by atoms with E-state index in [1.54, 1.807) is 25.3 Å². The summed E-state index contributed by atoms with van der Waals surface area (Å²) in [6.07, 6.45) is 1.55. The standard InChI is InChI=1S/C17H18FN3O/c1-16(2,3)17(4,10-19)21-15(22)13-9-12(18)8-11-6-5-7-20-14(11)13/h5-9H,1-4H3,(H,21,22). The molecule has 0 aliphatic carbocycles. The Labute approximate surface area is 129 Å². The molecule has 0 radical (unpaired) electrons. The predicted octanol–water partition coefficient (Wildman–Crippen LogP) is 3.43. The molecule has 2 aromatic rings. The molecule has 1 heterocycles. The summed E-state index contributed by atoms with van der Waals surface area (Å²) in [5, 5.41) is 12.7. The third-order valence-electron chi connectivity index (χ3n) is 4.00. The van der Waals surface area contributed by atoms with Gasteiger partial charge in [0.15, 0.2) is 0 Å². The monoisotopic (exact) mass is 299 g/mol. The molecule has 22 heavy (non-hydrogen) atoms. The average molecular weight is 299 g/mol. The van der Waals surface area contributed by atoms with E-state index in [0.29, 0.717) is 10.9 Å². The Bertz CT molecular complexity index is 774. The number of nitrogens with zero attached hydrogens (tertiary/aromatic N) is 2. The Balaban J connectivity index is 2.49. The van der Waals surface area contributed by atoms with Gasteiger partial charge in [0.2, 0.25) is 0 Å². The Morgan fingerprint density at radius 3 is 2.59 bits per heavy atom. The molecule has 4 nitrogen and oxygen atoms in total. The van der Waals surface area contributed by atoms with Gasteiger partial charge in [-0.15, -0.1) is 0 Å². The third-order valence-corrected chi connectivity index (χ3v) is 4.00. The number of hydrogen-bond donors (Lipinski definition) is 1. The predicted molar refractivity (Wildman–Crippen MR) is 82.6 cm³/mol. The van der Waals surface area contributed by atoms with Gasteiger partial charge in [-0.3, -0.25) is 9.78 Å². The molecule has 1 N–H and O–H groups in total. The Hall–Kier alpha value is -2.48. The second-order valence-electron chi connectivity index (χ2n) is 6.47. The number of carbonyl (C=O) groups is 1. The highest BCUT2D eigenvalue weighted by Crippen LogP contribution is 2.30. The number of benzene rings is 1. The lowest BCUT2D eigenvalue weighted by Gasteiger charge is -2.36. The minimum Gasteiger partial charge on any atom is -0.333 e. The first-order valence-corrected chi connectivity index (χ1v) is 6.96. The van der Waals surface area contributed by atoms with E-state index in [0.717, 1.165) is 6.07 Å².